The molecule has 0 fully saturated rings. The molecule has 8 nitrogen and oxygen atoms in total. The summed E-state index contributed by atoms with van der Waals surface area (Å²) >= 11 is 1.40. The number of thiazole rings is 1. The quantitative estimate of drug-likeness (QED) is 0.393. The highest BCUT2D eigenvalue weighted by Crippen LogP contribution is 2.33. The lowest BCUT2D eigenvalue weighted by Gasteiger charge is -2.09. The third-order valence-electron chi connectivity index (χ3n) is 4.58. The molecule has 0 saturated heterocycles. The van der Waals surface area contributed by atoms with Gasteiger partial charge >= 0.3 is 5.97 Å². The topological polar surface area (TPSA) is 104 Å². The normalized spacial score (nSPS) is 11.5. The number of nitrogens with one attached hydrogen (secondary N) is 1. The molecule has 0 amide bonds. The first-order valence-electron chi connectivity index (χ1n) is 10.5. The van der Waals surface area contributed by atoms with Gasteiger partial charge < -0.3 is 14.2 Å². The molecule has 0 unspecified atom stereocenters. The van der Waals surface area contributed by atoms with Crippen LogP contribution in [-0.2, 0) is 26.2 Å². The number of hydrogen-bond donors (Lipinski definition) is 1. The number of nitrogens with zero attached hydrogens (tertiary/aromatic N) is 1. The largest absolute Gasteiger partial charge is 0.493 e. The predicted octanol–water partition coefficient (Wildman–Crippen LogP) is 4.16. The summed E-state index contributed by atoms with van der Waals surface area (Å²) in [7, 11) is -2.21. The van der Waals surface area contributed by atoms with Crippen molar-refractivity contribution in [3.8, 4) is 22.1 Å². The molecular weight excluding hydrogens is 476 g/mol. The molecule has 1 aromatic heterocycles. The highest BCUT2D eigenvalue weighted by molar-refractivity contribution is 7.92. The summed E-state index contributed by atoms with van der Waals surface area (Å²) in [4.78, 5) is 16.5. The Morgan fingerprint density at radius 1 is 1.15 bits per heavy atom. The standard InChI is InChI=1S/C24H26N2O6S2/c1-4-31-21-10-9-19(13-22(21)30-3)24-26-20(16-33-24)15-32-23(27)14-25-34(28,29)12-11-18-7-5-17(2)6-8-18/h5-13,16,25H,4,14-15H2,1-3H3/b12-11+. The molecule has 1 heterocycles. The lowest BCUT2D eigenvalue weighted by Crippen LogP contribution is -2.29. The van der Waals surface area contributed by atoms with Crippen molar-refractivity contribution < 1.29 is 27.4 Å². The van der Waals surface area contributed by atoms with Crippen LogP contribution in [0.3, 0.4) is 0 Å². The molecule has 10 heteroatoms. The van der Waals surface area contributed by atoms with Crippen LogP contribution < -0.4 is 14.2 Å². The first-order chi connectivity index (χ1) is 16.3. The van der Waals surface area contributed by atoms with E-state index in [9.17, 15) is 13.2 Å². The summed E-state index contributed by atoms with van der Waals surface area (Å²) in [6.45, 7) is 3.83. The molecule has 1 N–H and O–H groups in total. The molecule has 0 atom stereocenters. The van der Waals surface area contributed by atoms with Gasteiger partial charge in [0, 0.05) is 16.4 Å². The number of esters is 1. The zero-order valence-corrected chi connectivity index (χ0v) is 20.7. The molecule has 0 bridgehead atoms. The molecule has 3 rings (SSSR count). The van der Waals surface area contributed by atoms with Gasteiger partial charge in [0.15, 0.2) is 11.5 Å². The van der Waals surface area contributed by atoms with Crippen molar-refractivity contribution in [1.82, 2.24) is 9.71 Å². The third-order valence-corrected chi connectivity index (χ3v) is 6.56. The van der Waals surface area contributed by atoms with Crippen molar-refractivity contribution in [2.24, 2.45) is 0 Å². The van der Waals surface area contributed by atoms with Crippen LogP contribution in [0.4, 0.5) is 0 Å². The van der Waals surface area contributed by atoms with Gasteiger partial charge in [-0.25, -0.2) is 18.1 Å². The Morgan fingerprint density at radius 2 is 1.91 bits per heavy atom. The molecule has 0 spiro atoms. The fourth-order valence-electron chi connectivity index (χ4n) is 2.84. The van der Waals surface area contributed by atoms with E-state index in [1.165, 1.54) is 17.4 Å². The first kappa shape index (κ1) is 25.4. The number of carbonyl (C=O) groups excluding carboxylic acids is 1. The van der Waals surface area contributed by atoms with E-state index in [0.717, 1.165) is 27.1 Å². The van der Waals surface area contributed by atoms with Gasteiger partial charge in [-0.15, -0.1) is 11.3 Å². The highest BCUT2D eigenvalue weighted by Gasteiger charge is 2.13. The van der Waals surface area contributed by atoms with Crippen LogP contribution in [0.1, 0.15) is 23.7 Å². The van der Waals surface area contributed by atoms with Crippen molar-refractivity contribution in [1.29, 1.82) is 0 Å². The summed E-state index contributed by atoms with van der Waals surface area (Å²) in [5.41, 5.74) is 3.22. The second-order valence-electron chi connectivity index (χ2n) is 7.18. The number of aryl methyl sites for hydroxylation is 1. The molecule has 34 heavy (non-hydrogen) atoms. The van der Waals surface area contributed by atoms with E-state index in [-0.39, 0.29) is 6.61 Å². The third kappa shape index (κ3) is 7.41. The molecule has 0 saturated carbocycles. The molecule has 3 aromatic rings. The van der Waals surface area contributed by atoms with E-state index < -0.39 is 22.5 Å². The van der Waals surface area contributed by atoms with Gasteiger partial charge in [-0.3, -0.25) is 4.79 Å². The van der Waals surface area contributed by atoms with Crippen LogP contribution in [0.25, 0.3) is 16.6 Å². The van der Waals surface area contributed by atoms with Crippen molar-refractivity contribution in [3.05, 3.63) is 70.1 Å². The van der Waals surface area contributed by atoms with E-state index in [2.05, 4.69) is 9.71 Å². The first-order valence-corrected chi connectivity index (χ1v) is 12.9. The highest BCUT2D eigenvalue weighted by atomic mass is 32.2. The second-order valence-corrected chi connectivity index (χ2v) is 9.69. The second kappa shape index (κ2) is 11.8. The molecule has 0 aliphatic carbocycles. The number of benzene rings is 2. The average molecular weight is 503 g/mol. The minimum atomic E-state index is -3.78. The Bertz CT molecular complexity index is 1250. The van der Waals surface area contributed by atoms with E-state index in [1.807, 2.05) is 44.2 Å². The number of carbonyl (C=O) groups is 1. The monoisotopic (exact) mass is 502 g/mol. The minimum absolute atomic E-state index is 0.0650. The molecule has 0 radical (unpaired) electrons. The number of methoxy groups -OCH3 is 1. The molecule has 0 aliphatic heterocycles. The minimum Gasteiger partial charge on any atom is -0.493 e. The molecule has 2 aromatic carbocycles. The maximum absolute atomic E-state index is 12.1. The van der Waals surface area contributed by atoms with Gasteiger partial charge in [-0.2, -0.15) is 0 Å². The van der Waals surface area contributed by atoms with Gasteiger partial charge in [0.1, 0.15) is 18.2 Å². The van der Waals surface area contributed by atoms with Crippen LogP contribution in [0, 0.1) is 6.92 Å². The number of rotatable bonds is 11. The SMILES string of the molecule is CCOc1ccc(-c2nc(COC(=O)CNS(=O)(=O)/C=C/c3ccc(C)cc3)cs2)cc1OC. The van der Waals surface area contributed by atoms with Crippen LogP contribution in [-0.4, -0.2) is 39.6 Å². The van der Waals surface area contributed by atoms with E-state index in [4.69, 9.17) is 14.2 Å². The number of aromatic nitrogens is 1. The zero-order valence-electron chi connectivity index (χ0n) is 19.1. The van der Waals surface area contributed by atoms with Crippen molar-refractivity contribution >= 4 is 33.4 Å². The van der Waals surface area contributed by atoms with E-state index in [1.54, 1.807) is 24.6 Å². The zero-order chi connectivity index (χ0) is 24.6. The van der Waals surface area contributed by atoms with E-state index in [0.29, 0.717) is 23.8 Å². The Balaban J connectivity index is 1.51. The Kier molecular flexibility index (Phi) is 8.80. The number of hydrogen-bond acceptors (Lipinski definition) is 8. The predicted molar refractivity (Wildman–Crippen MR) is 132 cm³/mol. The van der Waals surface area contributed by atoms with Gasteiger partial charge in [0.05, 0.1) is 19.4 Å². The van der Waals surface area contributed by atoms with Gasteiger partial charge in [-0.1, -0.05) is 29.8 Å². The van der Waals surface area contributed by atoms with Crippen molar-refractivity contribution in [2.45, 2.75) is 20.5 Å². The van der Waals surface area contributed by atoms with Crippen LogP contribution in [0.2, 0.25) is 0 Å². The van der Waals surface area contributed by atoms with E-state index >= 15 is 0 Å². The van der Waals surface area contributed by atoms with Crippen LogP contribution in [0.15, 0.2) is 53.3 Å². The lowest BCUT2D eigenvalue weighted by molar-refractivity contribution is -0.143. The van der Waals surface area contributed by atoms with Crippen LogP contribution >= 0.6 is 11.3 Å². The molecule has 0 aliphatic rings. The van der Waals surface area contributed by atoms with Crippen LogP contribution in [0.5, 0.6) is 11.5 Å². The van der Waals surface area contributed by atoms with Gasteiger partial charge in [-0.05, 0) is 43.7 Å². The Labute approximate surface area is 203 Å². The van der Waals surface area contributed by atoms with Gasteiger partial charge in [0.25, 0.3) is 0 Å². The maximum Gasteiger partial charge on any atom is 0.321 e. The van der Waals surface area contributed by atoms with Crippen molar-refractivity contribution in [3.63, 3.8) is 0 Å². The summed E-state index contributed by atoms with van der Waals surface area (Å²) in [6, 6.07) is 12.9. The van der Waals surface area contributed by atoms with Crippen molar-refractivity contribution in [2.75, 3.05) is 20.3 Å². The number of ether oxygens (including phenoxy) is 3. The fourth-order valence-corrected chi connectivity index (χ4v) is 4.39. The Hall–Kier alpha value is -3.21. The summed E-state index contributed by atoms with van der Waals surface area (Å²) < 4.78 is 42.4. The molecular formula is C24H26N2O6S2. The summed E-state index contributed by atoms with van der Waals surface area (Å²) in [6.07, 6.45) is 1.46. The smallest absolute Gasteiger partial charge is 0.321 e. The Morgan fingerprint density at radius 3 is 2.62 bits per heavy atom. The van der Waals surface area contributed by atoms with Gasteiger partial charge in [0.2, 0.25) is 10.0 Å². The fraction of sp³-hybridized carbons (Fsp3) is 0.250. The molecule has 180 valence electrons. The summed E-state index contributed by atoms with van der Waals surface area (Å²) in [5, 5.41) is 3.53. The summed E-state index contributed by atoms with van der Waals surface area (Å²) in [5.74, 6) is 0.548. The number of sulfonamides is 1. The lowest BCUT2D eigenvalue weighted by atomic mass is 10.2. The maximum atomic E-state index is 12.1. The average Bonchev–Trinajstić information content (AvgIpc) is 3.31.